The van der Waals surface area contributed by atoms with Crippen molar-refractivity contribution in [3.8, 4) is 5.75 Å². The number of nitrogens with zero attached hydrogens (tertiary/aromatic N) is 1. The van der Waals surface area contributed by atoms with Crippen LogP contribution >= 0.6 is 35.4 Å². The summed E-state index contributed by atoms with van der Waals surface area (Å²) >= 11 is 17.2. The fourth-order valence-corrected chi connectivity index (χ4v) is 2.87. The average Bonchev–Trinajstić information content (AvgIpc) is 2.85. The van der Waals surface area contributed by atoms with E-state index in [-0.39, 0.29) is 5.91 Å². The largest absolute Gasteiger partial charge is 0.497 e. The molecule has 0 saturated carbocycles. The number of carbonyl (C=O) groups excluding carboxylic acids is 1. The lowest BCUT2D eigenvalue weighted by atomic mass is 10.2. The van der Waals surface area contributed by atoms with Crippen LogP contribution in [0.5, 0.6) is 5.75 Å². The zero-order valence-electron chi connectivity index (χ0n) is 12.5. The molecule has 1 fully saturated rings. The SMILES string of the molecule is COc1ccc(N2C(=O)/C(=C/c3ccc(Cl)c(Cl)c3)NC2=S)cc1. The first-order valence-corrected chi connectivity index (χ1v) is 8.12. The minimum absolute atomic E-state index is 0.240. The summed E-state index contributed by atoms with van der Waals surface area (Å²) in [6.45, 7) is 0. The summed E-state index contributed by atoms with van der Waals surface area (Å²) in [5.41, 5.74) is 1.78. The monoisotopic (exact) mass is 378 g/mol. The van der Waals surface area contributed by atoms with Gasteiger partial charge >= 0.3 is 0 Å². The number of carbonyl (C=O) groups is 1. The van der Waals surface area contributed by atoms with E-state index >= 15 is 0 Å². The number of rotatable bonds is 3. The summed E-state index contributed by atoms with van der Waals surface area (Å²) in [4.78, 5) is 14.1. The minimum atomic E-state index is -0.240. The van der Waals surface area contributed by atoms with Gasteiger partial charge in [-0.2, -0.15) is 0 Å². The molecular weight excluding hydrogens is 367 g/mol. The van der Waals surface area contributed by atoms with Gasteiger partial charge in [0, 0.05) is 0 Å². The van der Waals surface area contributed by atoms with Crippen LogP contribution in [0.3, 0.4) is 0 Å². The summed E-state index contributed by atoms with van der Waals surface area (Å²) in [7, 11) is 1.58. The van der Waals surface area contributed by atoms with Crippen LogP contribution in [0.4, 0.5) is 5.69 Å². The number of hydrogen-bond acceptors (Lipinski definition) is 3. The Kier molecular flexibility index (Phi) is 4.76. The molecule has 122 valence electrons. The molecule has 2 aromatic rings. The Morgan fingerprint density at radius 2 is 1.83 bits per heavy atom. The van der Waals surface area contributed by atoms with Crippen molar-refractivity contribution in [1.29, 1.82) is 0 Å². The highest BCUT2D eigenvalue weighted by molar-refractivity contribution is 7.80. The van der Waals surface area contributed by atoms with Crippen LogP contribution in [0, 0.1) is 0 Å². The summed E-state index contributed by atoms with van der Waals surface area (Å²) in [5, 5.41) is 4.12. The minimum Gasteiger partial charge on any atom is -0.497 e. The Bertz CT molecular complexity index is 850. The molecule has 7 heteroatoms. The number of amides is 1. The number of thiocarbonyl (C=S) groups is 1. The smallest absolute Gasteiger partial charge is 0.281 e. The van der Waals surface area contributed by atoms with Crippen molar-refractivity contribution >= 4 is 58.2 Å². The zero-order chi connectivity index (χ0) is 17.3. The summed E-state index contributed by atoms with van der Waals surface area (Å²) in [6, 6.07) is 12.2. The number of ether oxygens (including phenoxy) is 1. The zero-order valence-corrected chi connectivity index (χ0v) is 14.9. The van der Waals surface area contributed by atoms with E-state index in [1.165, 1.54) is 4.90 Å². The van der Waals surface area contributed by atoms with Crippen LogP contribution < -0.4 is 15.0 Å². The molecule has 4 nitrogen and oxygen atoms in total. The molecule has 1 heterocycles. The molecule has 1 N–H and O–H groups in total. The third-order valence-electron chi connectivity index (χ3n) is 3.46. The molecule has 2 aromatic carbocycles. The molecule has 0 aliphatic carbocycles. The van der Waals surface area contributed by atoms with Crippen LogP contribution in [0.2, 0.25) is 10.0 Å². The third kappa shape index (κ3) is 3.24. The highest BCUT2D eigenvalue weighted by atomic mass is 35.5. The maximum Gasteiger partial charge on any atom is 0.281 e. The molecule has 1 aliphatic heterocycles. The first-order chi connectivity index (χ1) is 11.5. The van der Waals surface area contributed by atoms with E-state index in [4.69, 9.17) is 40.2 Å². The van der Waals surface area contributed by atoms with Gasteiger partial charge in [0.05, 0.1) is 22.8 Å². The van der Waals surface area contributed by atoms with Gasteiger partial charge in [0.15, 0.2) is 5.11 Å². The van der Waals surface area contributed by atoms with Gasteiger partial charge in [-0.25, -0.2) is 0 Å². The van der Waals surface area contributed by atoms with E-state index in [9.17, 15) is 4.79 Å². The molecule has 0 bridgehead atoms. The second-order valence-electron chi connectivity index (χ2n) is 5.00. The van der Waals surface area contributed by atoms with Gasteiger partial charge in [-0.05, 0) is 60.3 Å². The molecule has 0 spiro atoms. The van der Waals surface area contributed by atoms with Gasteiger partial charge in [-0.1, -0.05) is 29.3 Å². The molecule has 0 aromatic heterocycles. The fourth-order valence-electron chi connectivity index (χ4n) is 2.27. The Labute approximate surface area is 154 Å². The van der Waals surface area contributed by atoms with Crippen molar-refractivity contribution in [2.45, 2.75) is 0 Å². The Balaban J connectivity index is 1.90. The van der Waals surface area contributed by atoms with Gasteiger partial charge in [0.1, 0.15) is 11.4 Å². The number of methoxy groups -OCH3 is 1. The molecule has 0 unspecified atom stereocenters. The third-order valence-corrected chi connectivity index (χ3v) is 4.49. The predicted molar refractivity (Wildman–Crippen MR) is 101 cm³/mol. The van der Waals surface area contributed by atoms with Crippen LogP contribution in [0.1, 0.15) is 5.56 Å². The summed E-state index contributed by atoms with van der Waals surface area (Å²) in [5.74, 6) is 0.465. The van der Waals surface area contributed by atoms with E-state index < -0.39 is 0 Å². The van der Waals surface area contributed by atoms with Crippen molar-refractivity contribution in [2.75, 3.05) is 12.0 Å². The van der Waals surface area contributed by atoms with Crippen molar-refractivity contribution in [1.82, 2.24) is 5.32 Å². The van der Waals surface area contributed by atoms with Crippen molar-refractivity contribution in [2.24, 2.45) is 0 Å². The Hall–Kier alpha value is -2.08. The number of nitrogens with one attached hydrogen (secondary N) is 1. The molecule has 24 heavy (non-hydrogen) atoms. The molecule has 1 aliphatic rings. The number of anilines is 1. The number of benzene rings is 2. The maximum absolute atomic E-state index is 12.6. The fraction of sp³-hybridized carbons (Fsp3) is 0.0588. The Morgan fingerprint density at radius 1 is 1.12 bits per heavy atom. The van der Waals surface area contributed by atoms with Crippen molar-refractivity contribution in [3.63, 3.8) is 0 Å². The highest BCUT2D eigenvalue weighted by Crippen LogP contribution is 2.27. The topological polar surface area (TPSA) is 41.6 Å². The van der Waals surface area contributed by atoms with E-state index in [0.717, 1.165) is 5.56 Å². The van der Waals surface area contributed by atoms with E-state index in [0.29, 0.717) is 32.3 Å². The van der Waals surface area contributed by atoms with Gasteiger partial charge in [-0.15, -0.1) is 0 Å². The lowest BCUT2D eigenvalue weighted by molar-refractivity contribution is -0.113. The quantitative estimate of drug-likeness (QED) is 0.639. The lowest BCUT2D eigenvalue weighted by Gasteiger charge is -2.14. The molecule has 1 amide bonds. The molecular formula is C17H12Cl2N2O2S. The molecule has 3 rings (SSSR count). The average molecular weight is 379 g/mol. The van der Waals surface area contributed by atoms with E-state index in [1.807, 2.05) is 0 Å². The van der Waals surface area contributed by atoms with Gasteiger partial charge in [0.25, 0.3) is 5.91 Å². The standard InChI is InChI=1S/C17H12Cl2N2O2S/c1-23-12-5-3-11(4-6-12)21-16(22)15(20-17(21)24)9-10-2-7-13(18)14(19)8-10/h2-9H,1H3,(H,20,24)/b15-9-. The lowest BCUT2D eigenvalue weighted by Crippen LogP contribution is -2.30. The number of hydrogen-bond donors (Lipinski definition) is 1. The van der Waals surface area contributed by atoms with Gasteiger partial charge < -0.3 is 10.1 Å². The van der Waals surface area contributed by atoms with E-state index in [2.05, 4.69) is 5.32 Å². The normalized spacial score (nSPS) is 15.8. The molecule has 1 saturated heterocycles. The highest BCUT2D eigenvalue weighted by Gasteiger charge is 2.31. The summed E-state index contributed by atoms with van der Waals surface area (Å²) < 4.78 is 5.12. The molecule has 0 radical (unpaired) electrons. The number of halogens is 2. The first-order valence-electron chi connectivity index (χ1n) is 6.96. The predicted octanol–water partition coefficient (Wildman–Crippen LogP) is 4.26. The van der Waals surface area contributed by atoms with Crippen LogP contribution in [-0.4, -0.2) is 18.1 Å². The van der Waals surface area contributed by atoms with Crippen LogP contribution in [-0.2, 0) is 4.79 Å². The second kappa shape index (κ2) is 6.81. The Morgan fingerprint density at radius 3 is 2.46 bits per heavy atom. The maximum atomic E-state index is 12.6. The van der Waals surface area contributed by atoms with Crippen molar-refractivity contribution in [3.05, 3.63) is 63.8 Å². The van der Waals surface area contributed by atoms with E-state index in [1.54, 1.807) is 55.7 Å². The van der Waals surface area contributed by atoms with Crippen LogP contribution in [0.15, 0.2) is 48.2 Å². The van der Waals surface area contributed by atoms with Gasteiger partial charge in [-0.3, -0.25) is 9.69 Å². The molecule has 0 atom stereocenters. The second-order valence-corrected chi connectivity index (χ2v) is 6.20. The van der Waals surface area contributed by atoms with Gasteiger partial charge in [0.2, 0.25) is 0 Å². The first kappa shape index (κ1) is 16.8. The van der Waals surface area contributed by atoms with Crippen molar-refractivity contribution < 1.29 is 9.53 Å². The summed E-state index contributed by atoms with van der Waals surface area (Å²) in [6.07, 6.45) is 1.68. The van der Waals surface area contributed by atoms with Crippen LogP contribution in [0.25, 0.3) is 6.08 Å².